The highest BCUT2D eigenvalue weighted by molar-refractivity contribution is 5.44. The van der Waals surface area contributed by atoms with Crippen molar-refractivity contribution in [3.63, 3.8) is 0 Å². The fourth-order valence-corrected chi connectivity index (χ4v) is 1.32. The van der Waals surface area contributed by atoms with Crippen LogP contribution >= 0.6 is 0 Å². The fraction of sp³-hybridized carbons (Fsp3) is 0.615. The number of ether oxygens (including phenoxy) is 2. The van der Waals surface area contributed by atoms with Gasteiger partial charge in [0.25, 0.3) is 0 Å². The monoisotopic (exact) mass is 238 g/mol. The molecule has 0 atom stereocenters. The van der Waals surface area contributed by atoms with E-state index in [1.54, 1.807) is 19.5 Å². The number of anilines is 1. The van der Waals surface area contributed by atoms with Gasteiger partial charge in [-0.25, -0.2) is 0 Å². The van der Waals surface area contributed by atoms with Crippen molar-refractivity contribution in [3.05, 3.63) is 18.5 Å². The van der Waals surface area contributed by atoms with E-state index in [1.807, 2.05) is 19.9 Å². The van der Waals surface area contributed by atoms with Crippen molar-refractivity contribution < 1.29 is 9.47 Å². The van der Waals surface area contributed by atoms with E-state index in [-0.39, 0.29) is 5.60 Å². The molecule has 4 nitrogen and oxygen atoms in total. The molecule has 1 rings (SSSR count). The Morgan fingerprint density at radius 3 is 2.76 bits per heavy atom. The minimum absolute atomic E-state index is 0.146. The Morgan fingerprint density at radius 1 is 1.35 bits per heavy atom. The summed E-state index contributed by atoms with van der Waals surface area (Å²) in [5, 5.41) is 3.20. The van der Waals surface area contributed by atoms with Crippen LogP contribution in [0.4, 0.5) is 5.69 Å². The van der Waals surface area contributed by atoms with Crippen molar-refractivity contribution >= 4 is 5.69 Å². The lowest BCUT2D eigenvalue weighted by Crippen LogP contribution is -2.25. The number of pyridine rings is 1. The van der Waals surface area contributed by atoms with Gasteiger partial charge in [0.15, 0.2) is 0 Å². The molecule has 0 aliphatic heterocycles. The van der Waals surface area contributed by atoms with Crippen molar-refractivity contribution in [1.29, 1.82) is 0 Å². The molecule has 4 heteroatoms. The van der Waals surface area contributed by atoms with Crippen LogP contribution in [-0.4, -0.2) is 30.8 Å². The van der Waals surface area contributed by atoms with Crippen molar-refractivity contribution in [2.75, 3.05) is 25.6 Å². The van der Waals surface area contributed by atoms with Crippen LogP contribution in [0.5, 0.6) is 5.75 Å². The highest BCUT2D eigenvalue weighted by Gasteiger charge is 2.15. The smallest absolute Gasteiger partial charge is 0.139 e. The summed E-state index contributed by atoms with van der Waals surface area (Å²) in [7, 11) is 1.72. The first-order chi connectivity index (χ1) is 8.07. The number of methoxy groups -OCH3 is 1. The van der Waals surface area contributed by atoms with Crippen molar-refractivity contribution in [2.24, 2.45) is 0 Å². The van der Waals surface area contributed by atoms with E-state index in [4.69, 9.17) is 9.47 Å². The molecule has 1 N–H and O–H groups in total. The van der Waals surface area contributed by atoms with Gasteiger partial charge in [-0.05, 0) is 20.8 Å². The molecule has 17 heavy (non-hydrogen) atoms. The molecule has 0 radical (unpaired) electrons. The second kappa shape index (κ2) is 6.45. The maximum Gasteiger partial charge on any atom is 0.139 e. The van der Waals surface area contributed by atoms with Gasteiger partial charge < -0.3 is 14.8 Å². The Bertz CT molecular complexity index is 340. The number of nitrogens with one attached hydrogen (secondary N) is 1. The van der Waals surface area contributed by atoms with Crippen LogP contribution in [0.3, 0.4) is 0 Å². The Labute approximate surface area is 103 Å². The molecule has 0 aromatic carbocycles. The summed E-state index contributed by atoms with van der Waals surface area (Å²) < 4.78 is 11.0. The Hall–Kier alpha value is -1.29. The summed E-state index contributed by atoms with van der Waals surface area (Å²) in [4.78, 5) is 4.12. The third-order valence-corrected chi connectivity index (χ3v) is 2.62. The van der Waals surface area contributed by atoms with Gasteiger partial charge in [0, 0.05) is 26.1 Å². The highest BCUT2D eigenvalue weighted by atomic mass is 16.5. The predicted octanol–water partition coefficient (Wildman–Crippen LogP) is 2.71. The maximum atomic E-state index is 5.65. The number of hydrogen-bond acceptors (Lipinski definition) is 4. The number of aromatic nitrogens is 1. The molecular weight excluding hydrogens is 216 g/mol. The summed E-state index contributed by atoms with van der Waals surface area (Å²) in [5.74, 6) is 0.787. The molecule has 0 amide bonds. The van der Waals surface area contributed by atoms with E-state index in [0.29, 0.717) is 6.61 Å². The van der Waals surface area contributed by atoms with E-state index in [1.165, 1.54) is 0 Å². The van der Waals surface area contributed by atoms with Crippen molar-refractivity contribution in [2.45, 2.75) is 32.8 Å². The standard InChI is InChI=1S/C13H22N2O2/c1-5-15-11-8-12(10-14-9-11)17-7-6-13(2,3)16-4/h8-10,15H,5-7H2,1-4H3. The summed E-state index contributed by atoms with van der Waals surface area (Å²) in [5.41, 5.74) is 0.836. The van der Waals surface area contributed by atoms with Crippen LogP contribution in [0.15, 0.2) is 18.5 Å². The van der Waals surface area contributed by atoms with Crippen LogP contribution in [0.25, 0.3) is 0 Å². The van der Waals surface area contributed by atoms with Crippen LogP contribution in [0.2, 0.25) is 0 Å². The van der Waals surface area contributed by atoms with Crippen molar-refractivity contribution in [1.82, 2.24) is 4.98 Å². The molecule has 1 aromatic rings. The number of hydrogen-bond donors (Lipinski definition) is 1. The van der Waals surface area contributed by atoms with Gasteiger partial charge in [-0.1, -0.05) is 0 Å². The molecule has 1 heterocycles. The van der Waals surface area contributed by atoms with E-state index in [0.717, 1.165) is 24.4 Å². The van der Waals surface area contributed by atoms with Gasteiger partial charge in [-0.2, -0.15) is 0 Å². The van der Waals surface area contributed by atoms with E-state index < -0.39 is 0 Å². The Morgan fingerprint density at radius 2 is 2.12 bits per heavy atom. The van der Waals surface area contributed by atoms with Gasteiger partial charge in [0.05, 0.1) is 30.3 Å². The summed E-state index contributed by atoms with van der Waals surface area (Å²) in [6.45, 7) is 7.64. The van der Waals surface area contributed by atoms with Crippen LogP contribution in [-0.2, 0) is 4.74 Å². The quantitative estimate of drug-likeness (QED) is 0.793. The Balaban J connectivity index is 2.44. The van der Waals surface area contributed by atoms with Crippen LogP contribution in [0.1, 0.15) is 27.2 Å². The fourth-order valence-electron chi connectivity index (χ4n) is 1.32. The lowest BCUT2D eigenvalue weighted by molar-refractivity contribution is 0.00543. The first-order valence-corrected chi connectivity index (χ1v) is 5.94. The molecular formula is C13H22N2O2. The summed E-state index contributed by atoms with van der Waals surface area (Å²) >= 11 is 0. The van der Waals surface area contributed by atoms with Gasteiger partial charge >= 0.3 is 0 Å². The third-order valence-electron chi connectivity index (χ3n) is 2.62. The molecule has 0 aliphatic rings. The van der Waals surface area contributed by atoms with Gasteiger partial charge in [0.2, 0.25) is 0 Å². The predicted molar refractivity (Wildman–Crippen MR) is 69.6 cm³/mol. The number of nitrogens with zero attached hydrogens (tertiary/aromatic N) is 1. The molecule has 0 aliphatic carbocycles. The zero-order chi connectivity index (χ0) is 12.7. The summed E-state index contributed by atoms with van der Waals surface area (Å²) in [6.07, 6.45) is 4.35. The largest absolute Gasteiger partial charge is 0.492 e. The topological polar surface area (TPSA) is 43.4 Å². The van der Waals surface area contributed by atoms with E-state index >= 15 is 0 Å². The second-order valence-corrected chi connectivity index (χ2v) is 4.50. The normalized spacial score (nSPS) is 11.3. The molecule has 1 aromatic heterocycles. The molecule has 0 bridgehead atoms. The molecule has 96 valence electrons. The zero-order valence-corrected chi connectivity index (χ0v) is 11.1. The lowest BCUT2D eigenvalue weighted by Gasteiger charge is -2.22. The molecule has 0 spiro atoms. The molecule has 0 saturated heterocycles. The van der Waals surface area contributed by atoms with E-state index in [9.17, 15) is 0 Å². The first kappa shape index (κ1) is 13.8. The maximum absolute atomic E-state index is 5.65. The Kier molecular flexibility index (Phi) is 5.22. The lowest BCUT2D eigenvalue weighted by atomic mass is 10.1. The molecule has 0 saturated carbocycles. The minimum Gasteiger partial charge on any atom is -0.492 e. The third kappa shape index (κ3) is 5.04. The average Bonchev–Trinajstić information content (AvgIpc) is 2.30. The minimum atomic E-state index is -0.146. The van der Waals surface area contributed by atoms with Crippen LogP contribution in [0, 0.1) is 0 Å². The molecule has 0 unspecified atom stereocenters. The second-order valence-electron chi connectivity index (χ2n) is 4.50. The zero-order valence-electron chi connectivity index (χ0n) is 11.1. The highest BCUT2D eigenvalue weighted by Crippen LogP contribution is 2.17. The van der Waals surface area contributed by atoms with Gasteiger partial charge in [-0.3, -0.25) is 4.98 Å². The molecule has 0 fully saturated rings. The average molecular weight is 238 g/mol. The van der Waals surface area contributed by atoms with E-state index in [2.05, 4.69) is 17.2 Å². The van der Waals surface area contributed by atoms with Gasteiger partial charge in [0.1, 0.15) is 5.75 Å². The summed E-state index contributed by atoms with van der Waals surface area (Å²) in [6, 6.07) is 1.95. The van der Waals surface area contributed by atoms with Crippen molar-refractivity contribution in [3.8, 4) is 5.75 Å². The SMILES string of the molecule is CCNc1cncc(OCCC(C)(C)OC)c1. The first-order valence-electron chi connectivity index (χ1n) is 5.94. The van der Waals surface area contributed by atoms with Crippen LogP contribution < -0.4 is 10.1 Å². The number of rotatable bonds is 7. The van der Waals surface area contributed by atoms with Gasteiger partial charge in [-0.15, -0.1) is 0 Å².